The second-order valence-electron chi connectivity index (χ2n) is 5.32. The summed E-state index contributed by atoms with van der Waals surface area (Å²) in [6, 6.07) is 8.45. The van der Waals surface area contributed by atoms with Crippen LogP contribution in [0, 0.1) is 5.82 Å². The number of hydrogen-bond acceptors (Lipinski definition) is 6. The lowest BCUT2D eigenvalue weighted by Crippen LogP contribution is -2.08. The molecule has 0 atom stereocenters. The Morgan fingerprint density at radius 3 is 2.64 bits per heavy atom. The van der Waals surface area contributed by atoms with E-state index in [1.54, 1.807) is 23.0 Å². The molecule has 0 amide bonds. The summed E-state index contributed by atoms with van der Waals surface area (Å²) in [5.41, 5.74) is 0. The molecule has 0 unspecified atom stereocenters. The molecule has 25 heavy (non-hydrogen) atoms. The van der Waals surface area contributed by atoms with Gasteiger partial charge in [0.2, 0.25) is 0 Å². The second-order valence-corrected chi connectivity index (χ2v) is 8.49. The van der Waals surface area contributed by atoms with Crippen molar-refractivity contribution in [2.45, 2.75) is 16.5 Å². The van der Waals surface area contributed by atoms with Gasteiger partial charge in [0.15, 0.2) is 26.6 Å². The van der Waals surface area contributed by atoms with Crippen molar-refractivity contribution in [1.29, 1.82) is 0 Å². The third-order valence-electron chi connectivity index (χ3n) is 3.54. The van der Waals surface area contributed by atoms with Gasteiger partial charge in [-0.25, -0.2) is 12.8 Å². The standard InChI is InChI=1S/C16H16FN3O3S2/c1-20-15(14-4-2-9-23-14)18-19-16(20)24-10-3-11-25(21,22)13-7-5-12(17)6-8-13/h2,4-9H,3,10-11H2,1H3. The van der Waals surface area contributed by atoms with Gasteiger partial charge >= 0.3 is 0 Å². The van der Waals surface area contributed by atoms with Crippen LogP contribution in [0.4, 0.5) is 4.39 Å². The quantitative estimate of drug-likeness (QED) is 0.355. The van der Waals surface area contributed by atoms with Crippen LogP contribution in [0.2, 0.25) is 0 Å². The maximum atomic E-state index is 12.9. The van der Waals surface area contributed by atoms with E-state index in [9.17, 15) is 12.8 Å². The first-order valence-electron chi connectivity index (χ1n) is 7.52. The van der Waals surface area contributed by atoms with Crippen molar-refractivity contribution in [1.82, 2.24) is 14.8 Å². The first kappa shape index (κ1) is 17.7. The predicted molar refractivity (Wildman–Crippen MR) is 92.5 cm³/mol. The Hall–Kier alpha value is -2.13. The average Bonchev–Trinajstić information content (AvgIpc) is 3.22. The molecular weight excluding hydrogens is 365 g/mol. The number of aromatic nitrogens is 3. The first-order chi connectivity index (χ1) is 12.0. The summed E-state index contributed by atoms with van der Waals surface area (Å²) in [5.74, 6) is 1.36. The Bertz CT molecular complexity index is 936. The lowest BCUT2D eigenvalue weighted by atomic mass is 10.4. The third kappa shape index (κ3) is 4.10. The lowest BCUT2D eigenvalue weighted by Gasteiger charge is -2.05. The molecule has 0 saturated heterocycles. The third-order valence-corrected chi connectivity index (χ3v) is 6.46. The predicted octanol–water partition coefficient (Wildman–Crippen LogP) is 3.17. The van der Waals surface area contributed by atoms with Crippen LogP contribution in [0.1, 0.15) is 6.42 Å². The molecule has 0 aliphatic rings. The van der Waals surface area contributed by atoms with E-state index in [1.165, 1.54) is 23.9 Å². The molecule has 2 aromatic heterocycles. The molecule has 3 rings (SSSR count). The Morgan fingerprint density at radius 1 is 1.20 bits per heavy atom. The van der Waals surface area contributed by atoms with E-state index in [2.05, 4.69) is 10.2 Å². The highest BCUT2D eigenvalue weighted by Crippen LogP contribution is 2.23. The SMILES string of the molecule is Cn1c(SCCCS(=O)(=O)c2ccc(F)cc2)nnc1-c1ccco1. The Labute approximate surface area is 149 Å². The number of benzene rings is 1. The fraction of sp³-hybridized carbons (Fsp3) is 0.250. The summed E-state index contributed by atoms with van der Waals surface area (Å²) >= 11 is 1.43. The molecule has 1 aromatic carbocycles. The smallest absolute Gasteiger partial charge is 0.200 e. The summed E-state index contributed by atoms with van der Waals surface area (Å²) in [4.78, 5) is 0.137. The van der Waals surface area contributed by atoms with Gasteiger partial charge in [0.1, 0.15) is 5.82 Å². The van der Waals surface area contributed by atoms with Crippen molar-refractivity contribution < 1.29 is 17.2 Å². The minimum Gasteiger partial charge on any atom is -0.461 e. The van der Waals surface area contributed by atoms with Crippen LogP contribution in [0.25, 0.3) is 11.6 Å². The number of hydrogen-bond donors (Lipinski definition) is 0. The van der Waals surface area contributed by atoms with Gasteiger partial charge in [-0.3, -0.25) is 0 Å². The maximum Gasteiger partial charge on any atom is 0.200 e. The van der Waals surface area contributed by atoms with Crippen molar-refractivity contribution >= 4 is 21.6 Å². The van der Waals surface area contributed by atoms with Gasteiger partial charge in [0.25, 0.3) is 0 Å². The summed E-state index contributed by atoms with van der Waals surface area (Å²) in [6.45, 7) is 0. The molecular formula is C16H16FN3O3S2. The molecule has 0 fully saturated rings. The highest BCUT2D eigenvalue weighted by atomic mass is 32.2. The second kappa shape index (κ2) is 7.40. The van der Waals surface area contributed by atoms with Crippen LogP contribution in [0.15, 0.2) is 57.1 Å². The minimum atomic E-state index is -3.41. The molecule has 0 saturated carbocycles. The van der Waals surface area contributed by atoms with Crippen LogP contribution in [0.5, 0.6) is 0 Å². The van der Waals surface area contributed by atoms with Gasteiger partial charge in [-0.1, -0.05) is 11.8 Å². The number of rotatable bonds is 7. The molecule has 0 aliphatic heterocycles. The molecule has 0 spiro atoms. The molecule has 9 heteroatoms. The molecule has 3 aromatic rings. The van der Waals surface area contributed by atoms with Gasteiger partial charge in [0, 0.05) is 12.8 Å². The summed E-state index contributed by atoms with van der Waals surface area (Å²) in [6.07, 6.45) is 2.02. The number of sulfone groups is 1. The average molecular weight is 381 g/mol. The fourth-order valence-electron chi connectivity index (χ4n) is 2.23. The van der Waals surface area contributed by atoms with Crippen LogP contribution in [0.3, 0.4) is 0 Å². The molecule has 0 N–H and O–H groups in total. The van der Waals surface area contributed by atoms with E-state index in [-0.39, 0.29) is 10.6 Å². The van der Waals surface area contributed by atoms with Gasteiger partial charge in [-0.2, -0.15) is 0 Å². The molecule has 2 heterocycles. The van der Waals surface area contributed by atoms with Gasteiger partial charge in [-0.15, -0.1) is 10.2 Å². The van der Waals surface area contributed by atoms with Crippen molar-refractivity contribution in [2.24, 2.45) is 7.05 Å². The van der Waals surface area contributed by atoms with Crippen molar-refractivity contribution in [2.75, 3.05) is 11.5 Å². The topological polar surface area (TPSA) is 78.0 Å². The summed E-state index contributed by atoms with van der Waals surface area (Å²) < 4.78 is 44.4. The zero-order chi connectivity index (χ0) is 17.9. The van der Waals surface area contributed by atoms with E-state index in [4.69, 9.17) is 4.42 Å². The largest absolute Gasteiger partial charge is 0.461 e. The summed E-state index contributed by atoms with van der Waals surface area (Å²) in [7, 11) is -1.58. The summed E-state index contributed by atoms with van der Waals surface area (Å²) in [5, 5.41) is 8.87. The van der Waals surface area contributed by atoms with Gasteiger partial charge in [-0.05, 0) is 42.8 Å². The fourth-order valence-corrected chi connectivity index (χ4v) is 4.58. The number of nitrogens with zero attached hydrogens (tertiary/aromatic N) is 3. The maximum absolute atomic E-state index is 12.9. The Morgan fingerprint density at radius 2 is 1.96 bits per heavy atom. The van der Waals surface area contributed by atoms with E-state index in [0.717, 1.165) is 12.1 Å². The highest BCUT2D eigenvalue weighted by molar-refractivity contribution is 7.99. The highest BCUT2D eigenvalue weighted by Gasteiger charge is 2.16. The minimum absolute atomic E-state index is 0.00543. The van der Waals surface area contributed by atoms with Gasteiger partial charge in [0.05, 0.1) is 16.9 Å². The number of halogens is 1. The first-order valence-corrected chi connectivity index (χ1v) is 10.2. The van der Waals surface area contributed by atoms with Crippen molar-refractivity contribution in [3.8, 4) is 11.6 Å². The van der Waals surface area contributed by atoms with E-state index < -0.39 is 15.7 Å². The van der Waals surface area contributed by atoms with E-state index in [1.807, 2.05) is 7.05 Å². The number of furan rings is 1. The lowest BCUT2D eigenvalue weighted by molar-refractivity contribution is 0.572. The van der Waals surface area contributed by atoms with Crippen molar-refractivity contribution in [3.63, 3.8) is 0 Å². The normalized spacial score (nSPS) is 11.8. The zero-order valence-corrected chi connectivity index (χ0v) is 15.1. The van der Waals surface area contributed by atoms with Crippen LogP contribution < -0.4 is 0 Å². The van der Waals surface area contributed by atoms with Gasteiger partial charge < -0.3 is 8.98 Å². The Kier molecular flexibility index (Phi) is 5.24. The van der Waals surface area contributed by atoms with Crippen LogP contribution in [-0.4, -0.2) is 34.7 Å². The van der Waals surface area contributed by atoms with Crippen LogP contribution >= 0.6 is 11.8 Å². The number of thioether (sulfide) groups is 1. The monoisotopic (exact) mass is 381 g/mol. The van der Waals surface area contributed by atoms with Crippen LogP contribution in [-0.2, 0) is 16.9 Å². The molecule has 0 bridgehead atoms. The molecule has 6 nitrogen and oxygen atoms in total. The zero-order valence-electron chi connectivity index (χ0n) is 13.4. The van der Waals surface area contributed by atoms with Crippen molar-refractivity contribution in [3.05, 3.63) is 48.5 Å². The molecule has 132 valence electrons. The Balaban J connectivity index is 1.56. The van der Waals surface area contributed by atoms with E-state index >= 15 is 0 Å². The molecule has 0 radical (unpaired) electrons. The van der Waals surface area contributed by atoms with E-state index in [0.29, 0.717) is 28.9 Å². The molecule has 0 aliphatic carbocycles.